The Labute approximate surface area is 398 Å². The minimum Gasteiger partial charge on any atom is -0.494 e. The lowest BCUT2D eigenvalue weighted by molar-refractivity contribution is -0.136. The quantitative estimate of drug-likeness (QED) is 0.0866. The van der Waals surface area contributed by atoms with Crippen LogP contribution in [0.2, 0.25) is 0 Å². The normalized spacial score (nSPS) is 18.4. The van der Waals surface area contributed by atoms with Crippen LogP contribution in [0, 0.1) is 0 Å². The molecule has 5 aromatic rings. The van der Waals surface area contributed by atoms with Gasteiger partial charge >= 0.3 is 0 Å². The van der Waals surface area contributed by atoms with Gasteiger partial charge in [-0.3, -0.25) is 34.2 Å². The Balaban J connectivity index is 0.793. The van der Waals surface area contributed by atoms with Crippen LogP contribution in [0.4, 0.5) is 34.5 Å². The number of piperidine rings is 2. The second kappa shape index (κ2) is 19.7. The lowest BCUT2D eigenvalue weighted by Crippen LogP contribution is -2.54. The number of benzene rings is 3. The van der Waals surface area contributed by atoms with E-state index in [9.17, 15) is 18.9 Å². The minimum atomic E-state index is -2.60. The molecule has 1 unspecified atom stereocenters. The summed E-state index contributed by atoms with van der Waals surface area (Å²) in [6.45, 7) is 14.0. The van der Waals surface area contributed by atoms with E-state index in [1.165, 1.54) is 11.3 Å². The monoisotopic (exact) mass is 942 g/mol. The first kappa shape index (κ1) is 46.8. The number of nitrogens with one attached hydrogen (secondary N) is 3. The molecule has 3 fully saturated rings. The molecule has 0 spiro atoms. The Morgan fingerprint density at radius 2 is 1.69 bits per heavy atom. The Hall–Kier alpha value is -6.29. The van der Waals surface area contributed by atoms with Crippen LogP contribution in [0.5, 0.6) is 5.75 Å². The predicted molar refractivity (Wildman–Crippen MR) is 268 cm³/mol. The van der Waals surface area contributed by atoms with Crippen LogP contribution in [0.3, 0.4) is 0 Å². The number of imide groups is 1. The fraction of sp³-hybridized carbons (Fsp3) is 0.440. The number of amides is 3. The van der Waals surface area contributed by atoms with Gasteiger partial charge in [0.25, 0.3) is 5.91 Å². The lowest BCUT2D eigenvalue weighted by Gasteiger charge is -2.43. The Kier molecular flexibility index (Phi) is 13.6. The summed E-state index contributed by atoms with van der Waals surface area (Å²) in [5.74, 6) is 0.857. The molecule has 6 heterocycles. The molecule has 68 heavy (non-hydrogen) atoms. The van der Waals surface area contributed by atoms with Crippen molar-refractivity contribution in [3.05, 3.63) is 89.9 Å². The summed E-state index contributed by atoms with van der Waals surface area (Å²) in [5, 5.41) is 14.4. The van der Waals surface area contributed by atoms with E-state index in [4.69, 9.17) is 14.7 Å². The molecular formula is C50H63N12O5P. The zero-order chi connectivity index (χ0) is 47.7. The van der Waals surface area contributed by atoms with E-state index in [0.29, 0.717) is 42.1 Å². The van der Waals surface area contributed by atoms with Gasteiger partial charge in [-0.25, -0.2) is 4.98 Å². The highest BCUT2D eigenvalue weighted by molar-refractivity contribution is 7.70. The molecule has 4 aliphatic heterocycles. The number of carbonyl (C=O) groups excluding carboxylic acids is 3. The average molecular weight is 943 g/mol. The molecule has 358 valence electrons. The van der Waals surface area contributed by atoms with Crippen molar-refractivity contribution in [1.29, 1.82) is 0 Å². The van der Waals surface area contributed by atoms with Gasteiger partial charge in [0, 0.05) is 137 Å². The number of piperazine rings is 1. The van der Waals surface area contributed by atoms with Crippen molar-refractivity contribution in [3.63, 3.8) is 0 Å². The second-order valence-electron chi connectivity index (χ2n) is 18.8. The summed E-state index contributed by atoms with van der Waals surface area (Å²) in [6.07, 6.45) is 9.12. The zero-order valence-corrected chi connectivity index (χ0v) is 40.9. The lowest BCUT2D eigenvalue weighted by atomic mass is 9.99. The van der Waals surface area contributed by atoms with Gasteiger partial charge < -0.3 is 34.6 Å². The van der Waals surface area contributed by atoms with Gasteiger partial charge in [-0.05, 0) is 86.5 Å². The molecule has 18 heteroatoms. The molecule has 0 radical (unpaired) electrons. The number of hydrogen-bond donors (Lipinski definition) is 3. The van der Waals surface area contributed by atoms with E-state index in [0.717, 1.165) is 111 Å². The van der Waals surface area contributed by atoms with Gasteiger partial charge in [-0.15, -0.1) is 0 Å². The first-order chi connectivity index (χ1) is 32.8. The van der Waals surface area contributed by atoms with Gasteiger partial charge in [0.2, 0.25) is 17.8 Å². The largest absolute Gasteiger partial charge is 0.494 e. The number of aryl methyl sites for hydroxylation is 2. The molecule has 0 bridgehead atoms. The number of anilines is 6. The molecule has 3 saturated heterocycles. The molecule has 0 saturated carbocycles. The number of methoxy groups -OCH3 is 1. The number of hydrogen-bond acceptors (Lipinski definition) is 14. The standard InChI is InChI=1S/C50H63N12O5P/c1-7-33-27-41(54-50-51-30-39(35-29-52-58(3)31-35)47(56-50)53-40-10-8-9-11-45(40)68(5,6)66)44(67-4)28-43(33)61-18-16-36(17-19-61)60-24-22-59(23-25-60)21-20-57(2)37-12-13-38-34(26-37)32-62(49(38)65)42-14-15-46(63)55-48(42)64/h8-13,26-31,36,42H,7,14-25,32H2,1-6H3,(H,55,63,64)(H2,51,53,54,56). The van der Waals surface area contributed by atoms with Crippen LogP contribution in [0.25, 0.3) is 11.1 Å². The summed E-state index contributed by atoms with van der Waals surface area (Å²) in [7, 11) is 3.06. The Bertz CT molecular complexity index is 2740. The molecule has 0 aliphatic carbocycles. The molecule has 4 aliphatic rings. The van der Waals surface area contributed by atoms with Crippen molar-refractivity contribution in [3.8, 4) is 16.9 Å². The molecule has 9 rings (SSSR count). The molecule has 17 nitrogen and oxygen atoms in total. The van der Waals surface area contributed by atoms with Gasteiger partial charge in [-0.2, -0.15) is 10.1 Å². The number of ether oxygens (including phenoxy) is 1. The van der Waals surface area contributed by atoms with E-state index >= 15 is 0 Å². The highest BCUT2D eigenvalue weighted by atomic mass is 31.2. The first-order valence-corrected chi connectivity index (χ1v) is 26.3. The smallest absolute Gasteiger partial charge is 0.255 e. The fourth-order valence-corrected chi connectivity index (χ4v) is 11.3. The summed E-state index contributed by atoms with van der Waals surface area (Å²) < 4.78 is 21.0. The van der Waals surface area contributed by atoms with Gasteiger partial charge in [0.05, 0.1) is 24.7 Å². The van der Waals surface area contributed by atoms with Gasteiger partial charge in [0.15, 0.2) is 0 Å². The molecular weight excluding hydrogens is 880 g/mol. The molecule has 1 atom stereocenters. The van der Waals surface area contributed by atoms with Crippen LogP contribution in [-0.2, 0) is 34.2 Å². The predicted octanol–water partition coefficient (Wildman–Crippen LogP) is 5.67. The number of para-hydroxylation sites is 1. The van der Waals surface area contributed by atoms with Crippen molar-refractivity contribution < 1.29 is 23.7 Å². The number of carbonyl (C=O) groups is 3. The van der Waals surface area contributed by atoms with Gasteiger partial charge in [-0.1, -0.05) is 19.1 Å². The fourth-order valence-electron chi connectivity index (χ4n) is 10.1. The SMILES string of the molecule is CCc1cc(Nc2ncc(-c3cnn(C)c3)c(Nc3ccccc3P(C)(C)=O)n2)c(OC)cc1N1CCC(N2CCN(CCN(C)c3ccc4c(c3)CN(C3CCC(=O)NC3=O)C4=O)CC2)CC1. The van der Waals surface area contributed by atoms with E-state index < -0.39 is 13.2 Å². The molecule has 3 aromatic carbocycles. The van der Waals surface area contributed by atoms with Crippen LogP contribution in [0.1, 0.15) is 54.1 Å². The van der Waals surface area contributed by atoms with Crippen molar-refractivity contribution in [1.82, 2.24) is 39.8 Å². The number of aromatic nitrogens is 4. The first-order valence-electron chi connectivity index (χ1n) is 23.7. The third-order valence-electron chi connectivity index (χ3n) is 14.0. The van der Waals surface area contributed by atoms with E-state index in [1.54, 1.807) is 42.4 Å². The number of rotatable bonds is 15. The Morgan fingerprint density at radius 3 is 2.40 bits per heavy atom. The summed E-state index contributed by atoms with van der Waals surface area (Å²) >= 11 is 0. The van der Waals surface area contributed by atoms with E-state index in [2.05, 4.69) is 72.8 Å². The van der Waals surface area contributed by atoms with Crippen molar-refractivity contribution >= 4 is 64.7 Å². The van der Waals surface area contributed by atoms with E-state index in [1.807, 2.05) is 49.6 Å². The van der Waals surface area contributed by atoms with Crippen molar-refractivity contribution in [2.75, 3.05) is 100 Å². The average Bonchev–Trinajstić information content (AvgIpc) is 3.92. The topological polar surface area (TPSA) is 173 Å². The van der Waals surface area contributed by atoms with Crippen LogP contribution in [0.15, 0.2) is 73.2 Å². The van der Waals surface area contributed by atoms with Crippen LogP contribution >= 0.6 is 7.14 Å². The third-order valence-corrected chi connectivity index (χ3v) is 15.5. The number of likely N-dealkylation sites (N-methyl/N-ethyl adjacent to an activating group) is 1. The highest BCUT2D eigenvalue weighted by Crippen LogP contribution is 2.41. The maximum Gasteiger partial charge on any atom is 0.255 e. The van der Waals surface area contributed by atoms with E-state index in [-0.39, 0.29) is 24.1 Å². The van der Waals surface area contributed by atoms with Crippen LogP contribution < -0.4 is 35.8 Å². The second-order valence-corrected chi connectivity index (χ2v) is 22.0. The van der Waals surface area contributed by atoms with Crippen molar-refractivity contribution in [2.45, 2.75) is 57.7 Å². The zero-order valence-electron chi connectivity index (χ0n) is 40.0. The summed E-state index contributed by atoms with van der Waals surface area (Å²) in [6, 6.07) is 17.8. The Morgan fingerprint density at radius 1 is 0.912 bits per heavy atom. The summed E-state index contributed by atoms with van der Waals surface area (Å²) in [4.78, 5) is 58.7. The number of fused-ring (bicyclic) bond motifs is 1. The molecule has 2 aromatic heterocycles. The molecule has 3 amide bonds. The number of nitrogens with zero attached hydrogens (tertiary/aromatic N) is 9. The molecule has 3 N–H and O–H groups in total. The highest BCUT2D eigenvalue weighted by Gasteiger charge is 2.39. The van der Waals surface area contributed by atoms with Crippen LogP contribution in [-0.4, -0.2) is 144 Å². The van der Waals surface area contributed by atoms with Crippen molar-refractivity contribution in [2.24, 2.45) is 7.05 Å². The minimum absolute atomic E-state index is 0.146. The third kappa shape index (κ3) is 9.97. The maximum absolute atomic E-state index is 13.3. The van der Waals surface area contributed by atoms with Gasteiger partial charge in [0.1, 0.15) is 24.8 Å². The maximum atomic E-state index is 13.3. The summed E-state index contributed by atoms with van der Waals surface area (Å²) in [5.41, 5.74) is 8.15.